The van der Waals surface area contributed by atoms with Gasteiger partial charge in [-0.05, 0) is 65.4 Å². The standard InChI is InChI=1S/C15H13ClF2INO/c1-9(10-2-4-11(19)5-3-10)20-12-6-7-14(13(16)8-12)21-15(17)18/h2-9,15,20H,1H3. The van der Waals surface area contributed by atoms with Gasteiger partial charge in [0.1, 0.15) is 5.75 Å². The molecule has 1 atom stereocenters. The molecule has 0 aliphatic rings. The molecule has 2 rings (SSSR count). The van der Waals surface area contributed by atoms with Crippen molar-refractivity contribution in [3.8, 4) is 5.75 Å². The van der Waals surface area contributed by atoms with Crippen molar-refractivity contribution in [2.24, 2.45) is 0 Å². The molecule has 0 spiro atoms. The second-order valence-electron chi connectivity index (χ2n) is 4.44. The molecule has 0 bridgehead atoms. The zero-order chi connectivity index (χ0) is 15.4. The molecule has 0 heterocycles. The number of halogens is 4. The van der Waals surface area contributed by atoms with E-state index in [1.807, 2.05) is 31.2 Å². The van der Waals surface area contributed by atoms with Gasteiger partial charge in [-0.3, -0.25) is 0 Å². The molecule has 2 aromatic carbocycles. The first kappa shape index (κ1) is 16.3. The van der Waals surface area contributed by atoms with Crippen molar-refractivity contribution in [3.05, 3.63) is 56.6 Å². The molecule has 0 saturated heterocycles. The zero-order valence-corrected chi connectivity index (χ0v) is 14.0. The van der Waals surface area contributed by atoms with Crippen LogP contribution in [-0.2, 0) is 0 Å². The van der Waals surface area contributed by atoms with E-state index in [0.29, 0.717) is 0 Å². The van der Waals surface area contributed by atoms with Gasteiger partial charge in [0.25, 0.3) is 0 Å². The number of hydrogen-bond acceptors (Lipinski definition) is 2. The van der Waals surface area contributed by atoms with E-state index in [9.17, 15) is 8.78 Å². The third kappa shape index (κ3) is 4.71. The summed E-state index contributed by atoms with van der Waals surface area (Å²) in [5.41, 5.74) is 1.87. The van der Waals surface area contributed by atoms with Crippen LogP contribution in [0.4, 0.5) is 14.5 Å². The van der Waals surface area contributed by atoms with Gasteiger partial charge in [-0.25, -0.2) is 0 Å². The first-order chi connectivity index (χ1) is 9.95. The van der Waals surface area contributed by atoms with Gasteiger partial charge in [0.15, 0.2) is 0 Å². The van der Waals surface area contributed by atoms with Gasteiger partial charge >= 0.3 is 6.61 Å². The van der Waals surface area contributed by atoms with E-state index in [1.165, 1.54) is 9.64 Å². The summed E-state index contributed by atoms with van der Waals surface area (Å²) < 4.78 is 29.8. The predicted molar refractivity (Wildman–Crippen MR) is 89.3 cm³/mol. The molecule has 0 aromatic heterocycles. The molecular weight excluding hydrogens is 411 g/mol. The summed E-state index contributed by atoms with van der Waals surface area (Å²) in [5.74, 6) is -0.0286. The van der Waals surface area contributed by atoms with Gasteiger partial charge in [-0.15, -0.1) is 0 Å². The highest BCUT2D eigenvalue weighted by Gasteiger charge is 2.10. The normalized spacial score (nSPS) is 12.3. The number of alkyl halides is 2. The lowest BCUT2D eigenvalue weighted by Crippen LogP contribution is -2.07. The minimum atomic E-state index is -2.88. The Labute approximate surface area is 140 Å². The number of hydrogen-bond donors (Lipinski definition) is 1. The number of ether oxygens (including phenoxy) is 1. The minimum absolute atomic E-state index is 0.0286. The van der Waals surface area contributed by atoms with Crippen LogP contribution >= 0.6 is 34.2 Å². The molecule has 1 unspecified atom stereocenters. The van der Waals surface area contributed by atoms with Gasteiger partial charge in [-0.2, -0.15) is 8.78 Å². The maximum atomic E-state index is 12.2. The monoisotopic (exact) mass is 423 g/mol. The fraction of sp³-hybridized carbons (Fsp3) is 0.200. The molecule has 0 amide bonds. The Morgan fingerprint density at radius 1 is 1.14 bits per heavy atom. The Balaban J connectivity index is 2.09. The first-order valence-electron chi connectivity index (χ1n) is 6.22. The van der Waals surface area contributed by atoms with Crippen LogP contribution in [0.5, 0.6) is 5.75 Å². The minimum Gasteiger partial charge on any atom is -0.433 e. The van der Waals surface area contributed by atoms with Crippen LogP contribution in [0.1, 0.15) is 18.5 Å². The summed E-state index contributed by atoms with van der Waals surface area (Å²) in [6, 6.07) is 12.9. The topological polar surface area (TPSA) is 21.3 Å². The van der Waals surface area contributed by atoms with E-state index in [4.69, 9.17) is 11.6 Å². The highest BCUT2D eigenvalue weighted by atomic mass is 127. The van der Waals surface area contributed by atoms with E-state index >= 15 is 0 Å². The average molecular weight is 424 g/mol. The highest BCUT2D eigenvalue weighted by molar-refractivity contribution is 14.1. The van der Waals surface area contributed by atoms with Gasteiger partial charge in [0.2, 0.25) is 0 Å². The molecule has 6 heteroatoms. The molecule has 0 radical (unpaired) electrons. The summed E-state index contributed by atoms with van der Waals surface area (Å²) in [7, 11) is 0. The largest absolute Gasteiger partial charge is 0.433 e. The van der Waals surface area contributed by atoms with Gasteiger partial charge < -0.3 is 10.1 Å². The molecular formula is C15H13ClF2INO. The van der Waals surface area contributed by atoms with Gasteiger partial charge in [0.05, 0.1) is 5.02 Å². The van der Waals surface area contributed by atoms with Gasteiger partial charge in [-0.1, -0.05) is 23.7 Å². The summed E-state index contributed by atoms with van der Waals surface area (Å²) >= 11 is 8.17. The molecule has 0 aliphatic carbocycles. The SMILES string of the molecule is CC(Nc1ccc(OC(F)F)c(Cl)c1)c1ccc(I)cc1. The van der Waals surface area contributed by atoms with Crippen molar-refractivity contribution in [3.63, 3.8) is 0 Å². The second-order valence-corrected chi connectivity index (χ2v) is 6.09. The highest BCUT2D eigenvalue weighted by Crippen LogP contribution is 2.30. The third-order valence-corrected chi connectivity index (χ3v) is 3.92. The average Bonchev–Trinajstić information content (AvgIpc) is 2.42. The van der Waals surface area contributed by atoms with Gasteiger partial charge in [0, 0.05) is 15.3 Å². The lowest BCUT2D eigenvalue weighted by molar-refractivity contribution is -0.0497. The Bertz CT molecular complexity index is 607. The maximum absolute atomic E-state index is 12.2. The van der Waals surface area contributed by atoms with Crippen LogP contribution in [-0.4, -0.2) is 6.61 Å². The summed E-state index contributed by atoms with van der Waals surface area (Å²) in [4.78, 5) is 0. The van der Waals surface area contributed by atoms with Crippen LogP contribution < -0.4 is 10.1 Å². The molecule has 1 N–H and O–H groups in total. The van der Waals surface area contributed by atoms with E-state index in [1.54, 1.807) is 12.1 Å². The number of anilines is 1. The molecule has 0 fully saturated rings. The first-order valence-corrected chi connectivity index (χ1v) is 7.68. The van der Waals surface area contributed by atoms with Crippen molar-refractivity contribution in [1.29, 1.82) is 0 Å². The van der Waals surface area contributed by atoms with E-state index in [2.05, 4.69) is 32.6 Å². The molecule has 112 valence electrons. The summed E-state index contributed by atoms with van der Waals surface area (Å²) in [6.45, 7) is -0.869. The predicted octanol–water partition coefficient (Wildman–Crippen LogP) is 5.72. The van der Waals surface area contributed by atoms with Crippen LogP contribution in [0, 0.1) is 3.57 Å². The molecule has 2 nitrogen and oxygen atoms in total. The van der Waals surface area contributed by atoms with E-state index < -0.39 is 6.61 Å². The molecule has 0 aliphatic heterocycles. The van der Waals surface area contributed by atoms with Crippen molar-refractivity contribution in [2.45, 2.75) is 19.6 Å². The number of benzene rings is 2. The van der Waals surface area contributed by atoms with Crippen LogP contribution in [0.15, 0.2) is 42.5 Å². The Kier molecular flexibility index (Phi) is 5.64. The maximum Gasteiger partial charge on any atom is 0.387 e. The van der Waals surface area contributed by atoms with Crippen molar-refractivity contribution in [1.82, 2.24) is 0 Å². The van der Waals surface area contributed by atoms with E-state index in [0.717, 1.165) is 11.3 Å². The molecule has 0 saturated carbocycles. The van der Waals surface area contributed by atoms with Crippen LogP contribution in [0.3, 0.4) is 0 Å². The fourth-order valence-corrected chi connectivity index (χ4v) is 2.45. The Morgan fingerprint density at radius 2 is 1.81 bits per heavy atom. The molecule has 2 aromatic rings. The number of nitrogens with one attached hydrogen (secondary N) is 1. The molecule has 21 heavy (non-hydrogen) atoms. The quantitative estimate of drug-likeness (QED) is 0.621. The van der Waals surface area contributed by atoms with Crippen molar-refractivity contribution in [2.75, 3.05) is 5.32 Å². The van der Waals surface area contributed by atoms with E-state index in [-0.39, 0.29) is 16.8 Å². The van der Waals surface area contributed by atoms with Crippen molar-refractivity contribution >= 4 is 39.9 Å². The third-order valence-electron chi connectivity index (χ3n) is 2.90. The Morgan fingerprint density at radius 3 is 2.38 bits per heavy atom. The van der Waals surface area contributed by atoms with Crippen LogP contribution in [0.25, 0.3) is 0 Å². The Hall–Kier alpha value is -1.08. The van der Waals surface area contributed by atoms with Crippen molar-refractivity contribution < 1.29 is 13.5 Å². The second kappa shape index (κ2) is 7.26. The zero-order valence-electron chi connectivity index (χ0n) is 11.1. The van der Waals surface area contributed by atoms with Crippen LogP contribution in [0.2, 0.25) is 5.02 Å². The summed E-state index contributed by atoms with van der Waals surface area (Å²) in [6.07, 6.45) is 0. The lowest BCUT2D eigenvalue weighted by Gasteiger charge is -2.17. The smallest absolute Gasteiger partial charge is 0.387 e. The number of rotatable bonds is 5. The summed E-state index contributed by atoms with van der Waals surface area (Å²) in [5, 5.41) is 3.42. The fourth-order valence-electron chi connectivity index (χ4n) is 1.87. The lowest BCUT2D eigenvalue weighted by atomic mass is 10.1.